The summed E-state index contributed by atoms with van der Waals surface area (Å²) in [6.45, 7) is -0.00892. The van der Waals surface area contributed by atoms with Gasteiger partial charge < -0.3 is 14.2 Å². The fourth-order valence-electron chi connectivity index (χ4n) is 2.23. The molecule has 0 heterocycles. The molecular weight excluding hydrogens is 346 g/mol. The van der Waals surface area contributed by atoms with E-state index < -0.39 is 16.0 Å². The van der Waals surface area contributed by atoms with Gasteiger partial charge in [-0.05, 0) is 18.2 Å². The smallest absolute Gasteiger partial charge is 0.339 e. The predicted molar refractivity (Wildman–Crippen MR) is 91.4 cm³/mol. The number of nitrogens with one attached hydrogen (secondary N) is 1. The van der Waals surface area contributed by atoms with Crippen molar-refractivity contribution in [2.45, 2.75) is 11.4 Å². The van der Waals surface area contributed by atoms with E-state index in [0.717, 1.165) is 0 Å². The second-order valence-electron chi connectivity index (χ2n) is 4.99. The molecule has 2 aromatic carbocycles. The first-order valence-corrected chi connectivity index (χ1v) is 8.79. The molecule has 2 aromatic rings. The van der Waals surface area contributed by atoms with Gasteiger partial charge in [-0.3, -0.25) is 0 Å². The normalized spacial score (nSPS) is 11.0. The Hall–Kier alpha value is -2.58. The van der Waals surface area contributed by atoms with E-state index in [1.807, 2.05) is 0 Å². The van der Waals surface area contributed by atoms with Crippen LogP contribution in [0.5, 0.6) is 11.5 Å². The van der Waals surface area contributed by atoms with Crippen molar-refractivity contribution in [3.63, 3.8) is 0 Å². The third kappa shape index (κ3) is 4.28. The lowest BCUT2D eigenvalue weighted by Crippen LogP contribution is -2.25. The molecule has 0 fully saturated rings. The van der Waals surface area contributed by atoms with Crippen molar-refractivity contribution in [2.24, 2.45) is 0 Å². The fraction of sp³-hybridized carbons (Fsp3) is 0.235. The third-order valence-electron chi connectivity index (χ3n) is 3.53. The van der Waals surface area contributed by atoms with Crippen LogP contribution in [0.1, 0.15) is 15.9 Å². The van der Waals surface area contributed by atoms with E-state index in [9.17, 15) is 13.2 Å². The molecule has 1 N–H and O–H groups in total. The van der Waals surface area contributed by atoms with Crippen LogP contribution in [0.15, 0.2) is 47.4 Å². The van der Waals surface area contributed by atoms with Crippen molar-refractivity contribution >= 4 is 16.0 Å². The Morgan fingerprint density at radius 2 is 1.76 bits per heavy atom. The molecule has 0 saturated carbocycles. The Balaban J connectivity index is 2.28. The largest absolute Gasteiger partial charge is 0.497 e. The van der Waals surface area contributed by atoms with Crippen LogP contribution in [0.3, 0.4) is 0 Å². The first-order chi connectivity index (χ1) is 11.9. The minimum absolute atomic E-state index is 0.00892. The number of benzene rings is 2. The van der Waals surface area contributed by atoms with E-state index in [0.29, 0.717) is 17.1 Å². The molecule has 134 valence electrons. The summed E-state index contributed by atoms with van der Waals surface area (Å²) in [6.07, 6.45) is 0. The van der Waals surface area contributed by atoms with Gasteiger partial charge in [-0.15, -0.1) is 0 Å². The Morgan fingerprint density at radius 1 is 1.04 bits per heavy atom. The number of hydrogen-bond acceptors (Lipinski definition) is 6. The summed E-state index contributed by atoms with van der Waals surface area (Å²) in [4.78, 5) is 11.6. The number of sulfonamides is 1. The van der Waals surface area contributed by atoms with Crippen LogP contribution in [-0.4, -0.2) is 35.7 Å². The molecule has 0 saturated heterocycles. The highest BCUT2D eigenvalue weighted by Gasteiger charge is 2.22. The number of esters is 1. The van der Waals surface area contributed by atoms with Gasteiger partial charge in [0, 0.05) is 18.2 Å². The molecular formula is C17H19NO6S. The molecule has 0 aliphatic heterocycles. The zero-order valence-electron chi connectivity index (χ0n) is 14.1. The van der Waals surface area contributed by atoms with Crippen molar-refractivity contribution in [2.75, 3.05) is 21.3 Å². The van der Waals surface area contributed by atoms with Crippen molar-refractivity contribution < 1.29 is 27.4 Å². The summed E-state index contributed by atoms with van der Waals surface area (Å²) >= 11 is 0. The van der Waals surface area contributed by atoms with Gasteiger partial charge in [0.05, 0.1) is 31.8 Å². The van der Waals surface area contributed by atoms with Crippen LogP contribution < -0.4 is 14.2 Å². The maximum Gasteiger partial charge on any atom is 0.339 e. The molecule has 0 spiro atoms. The molecule has 25 heavy (non-hydrogen) atoms. The maximum atomic E-state index is 12.6. The second-order valence-corrected chi connectivity index (χ2v) is 6.73. The SMILES string of the molecule is COC(=O)c1ccccc1S(=O)(=O)NCc1ccc(OC)cc1OC. The average molecular weight is 365 g/mol. The van der Waals surface area contributed by atoms with Crippen LogP contribution in [-0.2, 0) is 21.3 Å². The zero-order valence-corrected chi connectivity index (χ0v) is 14.9. The highest BCUT2D eigenvalue weighted by Crippen LogP contribution is 2.25. The van der Waals surface area contributed by atoms with Gasteiger partial charge in [-0.2, -0.15) is 0 Å². The maximum absolute atomic E-state index is 12.6. The lowest BCUT2D eigenvalue weighted by atomic mass is 10.2. The number of rotatable bonds is 7. The predicted octanol–water partition coefficient (Wildman–Crippen LogP) is 1.97. The van der Waals surface area contributed by atoms with E-state index in [4.69, 9.17) is 9.47 Å². The summed E-state index contributed by atoms with van der Waals surface area (Å²) in [5.41, 5.74) is 0.599. The lowest BCUT2D eigenvalue weighted by molar-refractivity contribution is 0.0596. The van der Waals surface area contributed by atoms with Crippen molar-refractivity contribution in [1.29, 1.82) is 0 Å². The summed E-state index contributed by atoms with van der Waals surface area (Å²) in [6, 6.07) is 10.9. The first kappa shape index (κ1) is 18.8. The third-order valence-corrected chi connectivity index (χ3v) is 4.99. The summed E-state index contributed by atoms with van der Waals surface area (Å²) < 4.78 is 42.6. The molecule has 0 unspecified atom stereocenters. The minimum Gasteiger partial charge on any atom is -0.497 e. The highest BCUT2D eigenvalue weighted by atomic mass is 32.2. The van der Waals surface area contributed by atoms with E-state index in [2.05, 4.69) is 9.46 Å². The van der Waals surface area contributed by atoms with Gasteiger partial charge in [0.1, 0.15) is 11.5 Å². The molecule has 0 aliphatic carbocycles. The van der Waals surface area contributed by atoms with E-state index in [-0.39, 0.29) is 17.0 Å². The number of carbonyl (C=O) groups is 1. The molecule has 0 aliphatic rings. The summed E-state index contributed by atoms with van der Waals surface area (Å²) in [5.74, 6) is 0.366. The van der Waals surface area contributed by atoms with Gasteiger partial charge in [0.15, 0.2) is 0 Å². The molecule has 0 aromatic heterocycles. The van der Waals surface area contributed by atoms with Crippen molar-refractivity contribution in [1.82, 2.24) is 4.72 Å². The topological polar surface area (TPSA) is 90.9 Å². The van der Waals surface area contributed by atoms with Crippen LogP contribution in [0, 0.1) is 0 Å². The number of hydrogen-bond donors (Lipinski definition) is 1. The molecule has 8 heteroatoms. The van der Waals surface area contributed by atoms with Crippen molar-refractivity contribution in [3.8, 4) is 11.5 Å². The highest BCUT2D eigenvalue weighted by molar-refractivity contribution is 7.89. The second kappa shape index (κ2) is 8.00. The zero-order chi connectivity index (χ0) is 18.4. The van der Waals surface area contributed by atoms with E-state index in [1.54, 1.807) is 24.3 Å². The summed E-state index contributed by atoms with van der Waals surface area (Å²) in [5, 5.41) is 0. The number of methoxy groups -OCH3 is 3. The van der Waals surface area contributed by atoms with Crippen LogP contribution in [0.25, 0.3) is 0 Å². The van der Waals surface area contributed by atoms with Gasteiger partial charge in [0.25, 0.3) is 0 Å². The number of carbonyl (C=O) groups excluding carboxylic acids is 1. The van der Waals surface area contributed by atoms with E-state index in [1.165, 1.54) is 39.5 Å². The van der Waals surface area contributed by atoms with Gasteiger partial charge in [-0.1, -0.05) is 18.2 Å². The Morgan fingerprint density at radius 3 is 2.40 bits per heavy atom. The van der Waals surface area contributed by atoms with Crippen molar-refractivity contribution in [3.05, 3.63) is 53.6 Å². The minimum atomic E-state index is -3.92. The Labute approximate surface area is 146 Å². The van der Waals surface area contributed by atoms with Gasteiger partial charge >= 0.3 is 5.97 Å². The monoisotopic (exact) mass is 365 g/mol. The molecule has 0 bridgehead atoms. The standard InChI is InChI=1S/C17H19NO6S/c1-22-13-9-8-12(15(10-13)23-2)11-18-25(20,21)16-7-5-4-6-14(16)17(19)24-3/h4-10,18H,11H2,1-3H3. The van der Waals surface area contributed by atoms with E-state index >= 15 is 0 Å². The Bertz CT molecular complexity index is 863. The summed E-state index contributed by atoms with van der Waals surface area (Å²) in [7, 11) is 0.287. The lowest BCUT2D eigenvalue weighted by Gasteiger charge is -2.13. The van der Waals surface area contributed by atoms with Gasteiger partial charge in [0.2, 0.25) is 10.0 Å². The molecule has 0 atom stereocenters. The van der Waals surface area contributed by atoms with Gasteiger partial charge in [-0.25, -0.2) is 17.9 Å². The Kier molecular flexibility index (Phi) is 6.00. The first-order valence-electron chi connectivity index (χ1n) is 7.31. The quantitative estimate of drug-likeness (QED) is 0.755. The average Bonchev–Trinajstić information content (AvgIpc) is 2.65. The fourth-order valence-corrected chi connectivity index (χ4v) is 3.43. The van der Waals surface area contributed by atoms with Crippen LogP contribution in [0.4, 0.5) is 0 Å². The molecule has 7 nitrogen and oxygen atoms in total. The van der Waals surface area contributed by atoms with Crippen LogP contribution in [0.2, 0.25) is 0 Å². The molecule has 0 radical (unpaired) electrons. The number of ether oxygens (including phenoxy) is 3. The molecule has 0 amide bonds. The van der Waals surface area contributed by atoms with Crippen LogP contribution >= 0.6 is 0 Å². The molecule has 2 rings (SSSR count).